The summed E-state index contributed by atoms with van der Waals surface area (Å²) in [4.78, 5) is 39.3. The van der Waals surface area contributed by atoms with E-state index < -0.39 is 18.1 Å². The van der Waals surface area contributed by atoms with Gasteiger partial charge in [-0.05, 0) is 19.1 Å². The Labute approximate surface area is 185 Å². The monoisotopic (exact) mass is 468 g/mol. The number of carbonyl (C=O) groups excluding carboxylic acids is 2. The Morgan fingerprint density at radius 3 is 2.66 bits per heavy atom. The molecule has 0 radical (unpaired) electrons. The Morgan fingerprint density at radius 2 is 1.97 bits per heavy atom. The van der Waals surface area contributed by atoms with Gasteiger partial charge in [-0.15, -0.1) is 11.3 Å². The molecule has 1 aromatic carbocycles. The van der Waals surface area contributed by atoms with Gasteiger partial charge in [0.25, 0.3) is 5.56 Å². The minimum atomic E-state index is -3.02. The Kier molecular flexibility index (Phi) is 8.12. The van der Waals surface area contributed by atoms with E-state index in [1.54, 1.807) is 17.9 Å². The van der Waals surface area contributed by atoms with Gasteiger partial charge in [-0.25, -0.2) is 4.79 Å². The van der Waals surface area contributed by atoms with Crippen molar-refractivity contribution in [1.82, 2.24) is 9.47 Å². The highest BCUT2D eigenvalue weighted by Crippen LogP contribution is 2.20. The zero-order valence-corrected chi connectivity index (χ0v) is 18.1. The van der Waals surface area contributed by atoms with Crippen molar-refractivity contribution in [3.8, 4) is 5.75 Å². The van der Waals surface area contributed by atoms with Crippen LogP contribution in [-0.4, -0.2) is 60.9 Å². The number of thiazole rings is 1. The topological polar surface area (TPSA) is 87.1 Å². The van der Waals surface area contributed by atoms with E-state index in [9.17, 15) is 23.2 Å². The van der Waals surface area contributed by atoms with Crippen LogP contribution in [0.2, 0.25) is 0 Å². The van der Waals surface area contributed by atoms with Gasteiger partial charge in [0.05, 0.1) is 30.4 Å². The molecule has 32 heavy (non-hydrogen) atoms. The number of hydrogen-bond acceptors (Lipinski definition) is 7. The fourth-order valence-corrected chi connectivity index (χ4v) is 4.09. The van der Waals surface area contributed by atoms with Crippen molar-refractivity contribution in [3.63, 3.8) is 0 Å². The van der Waals surface area contributed by atoms with Crippen LogP contribution in [0.4, 0.5) is 8.78 Å². The number of aromatic nitrogens is 1. The second-order valence-electron chi connectivity index (χ2n) is 6.65. The molecule has 3 rings (SSSR count). The summed E-state index contributed by atoms with van der Waals surface area (Å²) >= 11 is 0.951. The Morgan fingerprint density at radius 1 is 1.25 bits per heavy atom. The first-order chi connectivity index (χ1) is 15.4. The summed E-state index contributed by atoms with van der Waals surface area (Å²) in [6.45, 7) is 0.131. The quantitative estimate of drug-likeness (QED) is 0.552. The summed E-state index contributed by atoms with van der Waals surface area (Å²) < 4.78 is 41.7. The lowest BCUT2D eigenvalue weighted by Crippen LogP contribution is -2.45. The molecule has 11 heteroatoms. The molecule has 0 aliphatic carbocycles. The fraction of sp³-hybridized carbons (Fsp3) is 0.381. The number of halogens is 2. The third-order valence-corrected chi connectivity index (χ3v) is 5.60. The van der Waals surface area contributed by atoms with Crippen LogP contribution in [0, 0.1) is 0 Å². The first-order valence-electron chi connectivity index (χ1n) is 9.88. The molecule has 1 amide bonds. The maximum atomic E-state index is 13.1. The molecule has 1 fully saturated rings. The van der Waals surface area contributed by atoms with Gasteiger partial charge >= 0.3 is 12.6 Å². The Hall–Kier alpha value is -3.05. The molecule has 0 spiro atoms. The minimum absolute atomic E-state index is 0.0952. The van der Waals surface area contributed by atoms with Gasteiger partial charge in [0.1, 0.15) is 17.0 Å². The molecule has 1 aliphatic heterocycles. The molecule has 2 aromatic rings. The van der Waals surface area contributed by atoms with E-state index in [4.69, 9.17) is 9.47 Å². The van der Waals surface area contributed by atoms with Crippen LogP contribution >= 0.6 is 11.3 Å². The molecular formula is C21H22F2N2O6S. The summed E-state index contributed by atoms with van der Waals surface area (Å²) in [7, 11) is 0. The highest BCUT2D eigenvalue weighted by atomic mass is 32.1. The second kappa shape index (κ2) is 11.0. The van der Waals surface area contributed by atoms with E-state index in [2.05, 4.69) is 4.74 Å². The van der Waals surface area contributed by atoms with E-state index in [0.29, 0.717) is 26.3 Å². The number of para-hydroxylation sites is 1. The molecule has 0 bridgehead atoms. The largest absolute Gasteiger partial charge is 0.463 e. The van der Waals surface area contributed by atoms with E-state index >= 15 is 0 Å². The molecule has 1 saturated heterocycles. The van der Waals surface area contributed by atoms with Crippen LogP contribution in [-0.2, 0) is 25.6 Å². The average Bonchev–Trinajstić information content (AvgIpc) is 3.04. The summed E-state index contributed by atoms with van der Waals surface area (Å²) in [6.07, 6.45) is 2.53. The van der Waals surface area contributed by atoms with Crippen molar-refractivity contribution < 1.29 is 32.6 Å². The SMILES string of the molecule is CCOC(=O)C=c1sc(=Cc2ccccc2OC(F)F)c(=O)n1CC(=O)N1CCOCC1. The lowest BCUT2D eigenvalue weighted by Gasteiger charge is -2.26. The number of alkyl halides is 2. The zero-order valence-electron chi connectivity index (χ0n) is 17.3. The van der Waals surface area contributed by atoms with E-state index in [1.807, 2.05) is 0 Å². The average molecular weight is 468 g/mol. The van der Waals surface area contributed by atoms with Crippen molar-refractivity contribution in [2.24, 2.45) is 0 Å². The molecule has 0 saturated carbocycles. The number of esters is 1. The maximum Gasteiger partial charge on any atom is 0.387 e. The fourth-order valence-electron chi connectivity index (χ4n) is 3.07. The third kappa shape index (κ3) is 6.01. The molecule has 0 unspecified atom stereocenters. The molecular weight excluding hydrogens is 446 g/mol. The molecule has 8 nitrogen and oxygen atoms in total. The van der Waals surface area contributed by atoms with E-state index in [-0.39, 0.29) is 39.6 Å². The lowest BCUT2D eigenvalue weighted by molar-refractivity contribution is -0.136. The number of carbonyl (C=O) groups is 2. The Bertz CT molecular complexity index is 1140. The lowest BCUT2D eigenvalue weighted by atomic mass is 10.2. The van der Waals surface area contributed by atoms with E-state index in [1.165, 1.54) is 28.8 Å². The van der Waals surface area contributed by atoms with Crippen molar-refractivity contribution >= 4 is 35.4 Å². The van der Waals surface area contributed by atoms with Gasteiger partial charge in [0, 0.05) is 18.7 Å². The number of hydrogen-bond donors (Lipinski definition) is 0. The van der Waals surface area contributed by atoms with Crippen LogP contribution < -0.4 is 19.5 Å². The normalized spacial score (nSPS) is 15.3. The van der Waals surface area contributed by atoms with E-state index in [0.717, 1.165) is 17.4 Å². The summed E-state index contributed by atoms with van der Waals surface area (Å²) in [5.74, 6) is -1.05. The summed E-state index contributed by atoms with van der Waals surface area (Å²) in [6, 6.07) is 6.03. The second-order valence-corrected chi connectivity index (χ2v) is 7.71. The Balaban J connectivity index is 2.05. The molecule has 172 valence electrons. The predicted molar refractivity (Wildman–Crippen MR) is 113 cm³/mol. The van der Waals surface area contributed by atoms with Crippen molar-refractivity contribution in [3.05, 3.63) is 49.4 Å². The maximum absolute atomic E-state index is 13.1. The number of benzene rings is 1. The van der Waals surface area contributed by atoms with Gasteiger partial charge in [0.15, 0.2) is 0 Å². The van der Waals surface area contributed by atoms with Crippen LogP contribution in [0.3, 0.4) is 0 Å². The number of amides is 1. The smallest absolute Gasteiger partial charge is 0.387 e. The van der Waals surface area contributed by atoms with Gasteiger partial charge in [0.2, 0.25) is 5.91 Å². The minimum Gasteiger partial charge on any atom is -0.463 e. The van der Waals surface area contributed by atoms with Crippen LogP contribution in [0.5, 0.6) is 5.75 Å². The van der Waals surface area contributed by atoms with Crippen LogP contribution in [0.15, 0.2) is 29.1 Å². The first-order valence-corrected chi connectivity index (χ1v) is 10.7. The highest BCUT2D eigenvalue weighted by molar-refractivity contribution is 7.07. The highest BCUT2D eigenvalue weighted by Gasteiger charge is 2.19. The van der Waals surface area contributed by atoms with Crippen molar-refractivity contribution in [2.45, 2.75) is 20.1 Å². The van der Waals surface area contributed by atoms with Gasteiger partial charge in [-0.2, -0.15) is 8.78 Å². The number of ether oxygens (including phenoxy) is 3. The molecule has 2 heterocycles. The van der Waals surface area contributed by atoms with Gasteiger partial charge < -0.3 is 19.1 Å². The number of nitrogens with zero attached hydrogens (tertiary/aromatic N) is 2. The molecule has 0 N–H and O–H groups in total. The summed E-state index contributed by atoms with van der Waals surface area (Å²) in [5.41, 5.74) is -0.264. The molecule has 1 aromatic heterocycles. The molecule has 0 atom stereocenters. The number of rotatable bonds is 7. The van der Waals surface area contributed by atoms with Gasteiger partial charge in [-0.3, -0.25) is 14.2 Å². The predicted octanol–water partition coefficient (Wildman–Crippen LogP) is 0.542. The van der Waals surface area contributed by atoms with Crippen molar-refractivity contribution in [2.75, 3.05) is 32.9 Å². The standard InChI is InChI=1S/C21H22F2N2O6S/c1-2-30-19(27)12-18-25(13-17(26)24-7-9-29-10-8-24)20(28)16(32-18)11-14-5-3-4-6-15(14)31-21(22)23/h3-6,11-12,21H,2,7-10,13H2,1H3. The summed E-state index contributed by atoms with van der Waals surface area (Å²) in [5, 5.41) is 0. The molecule has 1 aliphatic rings. The number of morpholine rings is 1. The van der Waals surface area contributed by atoms with Crippen molar-refractivity contribution in [1.29, 1.82) is 0 Å². The zero-order chi connectivity index (χ0) is 23.1. The van der Waals surface area contributed by atoms with Gasteiger partial charge in [-0.1, -0.05) is 18.2 Å². The van der Waals surface area contributed by atoms with Crippen LogP contribution in [0.1, 0.15) is 12.5 Å². The first kappa shape index (κ1) is 23.6. The van der Waals surface area contributed by atoms with Crippen LogP contribution in [0.25, 0.3) is 12.2 Å². The third-order valence-electron chi connectivity index (χ3n) is 4.54.